The van der Waals surface area contributed by atoms with Crippen molar-refractivity contribution in [2.75, 3.05) is 7.11 Å². The SMILES string of the molecule is CC[C@H]1CC(=O)N(S(=O)(=O)c2ccccn2)[C@@H]1C(=O)OC. The van der Waals surface area contributed by atoms with Crippen LogP contribution >= 0.6 is 0 Å². The van der Waals surface area contributed by atoms with Crippen molar-refractivity contribution in [3.05, 3.63) is 24.4 Å². The zero-order valence-corrected chi connectivity index (χ0v) is 12.5. The second-order valence-corrected chi connectivity index (χ2v) is 6.46. The minimum Gasteiger partial charge on any atom is -0.467 e. The minimum atomic E-state index is -4.16. The van der Waals surface area contributed by atoms with Crippen LogP contribution in [-0.4, -0.2) is 42.7 Å². The summed E-state index contributed by atoms with van der Waals surface area (Å²) in [4.78, 5) is 27.8. The van der Waals surface area contributed by atoms with Gasteiger partial charge in [-0.15, -0.1) is 0 Å². The van der Waals surface area contributed by atoms with E-state index >= 15 is 0 Å². The van der Waals surface area contributed by atoms with Gasteiger partial charge >= 0.3 is 5.97 Å². The Morgan fingerprint density at radius 1 is 1.48 bits per heavy atom. The van der Waals surface area contributed by atoms with Gasteiger partial charge in [0.1, 0.15) is 6.04 Å². The van der Waals surface area contributed by atoms with E-state index < -0.39 is 27.9 Å². The van der Waals surface area contributed by atoms with Gasteiger partial charge in [-0.25, -0.2) is 14.1 Å². The van der Waals surface area contributed by atoms with Gasteiger partial charge in [-0.3, -0.25) is 4.79 Å². The van der Waals surface area contributed by atoms with Crippen LogP contribution in [0.5, 0.6) is 0 Å². The lowest BCUT2D eigenvalue weighted by molar-refractivity contribution is -0.147. The molecule has 0 radical (unpaired) electrons. The van der Waals surface area contributed by atoms with Crippen molar-refractivity contribution in [2.24, 2.45) is 5.92 Å². The fraction of sp³-hybridized carbons (Fsp3) is 0.462. The number of carbonyl (C=O) groups excluding carboxylic acids is 2. The summed E-state index contributed by atoms with van der Waals surface area (Å²) in [7, 11) is -2.99. The van der Waals surface area contributed by atoms with Crippen molar-refractivity contribution in [3.8, 4) is 0 Å². The Labute approximate surface area is 123 Å². The predicted molar refractivity (Wildman–Crippen MR) is 72.5 cm³/mol. The molecule has 0 aliphatic carbocycles. The molecular formula is C13H16N2O5S. The van der Waals surface area contributed by atoms with Crippen LogP contribution in [0, 0.1) is 5.92 Å². The summed E-state index contributed by atoms with van der Waals surface area (Å²) in [6, 6.07) is 3.23. The number of rotatable bonds is 4. The van der Waals surface area contributed by atoms with Gasteiger partial charge in [-0.05, 0) is 18.1 Å². The third-order valence-electron chi connectivity index (χ3n) is 3.51. The average Bonchev–Trinajstić information content (AvgIpc) is 2.84. The smallest absolute Gasteiger partial charge is 0.330 e. The first-order chi connectivity index (χ1) is 9.93. The highest BCUT2D eigenvalue weighted by Gasteiger charge is 2.50. The zero-order chi connectivity index (χ0) is 15.6. The van der Waals surface area contributed by atoms with Gasteiger partial charge in [-0.2, -0.15) is 8.42 Å². The van der Waals surface area contributed by atoms with Crippen LogP contribution in [0.15, 0.2) is 29.4 Å². The van der Waals surface area contributed by atoms with Crippen LogP contribution in [0.1, 0.15) is 19.8 Å². The number of amides is 1. The second-order valence-electron chi connectivity index (χ2n) is 4.70. The van der Waals surface area contributed by atoms with E-state index in [1.165, 1.54) is 25.4 Å². The maximum Gasteiger partial charge on any atom is 0.330 e. The lowest BCUT2D eigenvalue weighted by atomic mass is 9.98. The number of carbonyl (C=O) groups is 2. The zero-order valence-electron chi connectivity index (χ0n) is 11.7. The van der Waals surface area contributed by atoms with E-state index in [4.69, 9.17) is 0 Å². The topological polar surface area (TPSA) is 93.6 Å². The van der Waals surface area contributed by atoms with Gasteiger partial charge in [-0.1, -0.05) is 19.4 Å². The molecule has 1 aromatic rings. The van der Waals surface area contributed by atoms with Crippen LogP contribution in [0.25, 0.3) is 0 Å². The van der Waals surface area contributed by atoms with E-state index in [-0.39, 0.29) is 17.4 Å². The Hall–Kier alpha value is -1.96. The molecule has 1 aromatic heterocycles. The Bertz CT molecular complexity index is 644. The predicted octanol–water partition coefficient (Wildman–Crippen LogP) is 0.570. The maximum absolute atomic E-state index is 12.6. The summed E-state index contributed by atoms with van der Waals surface area (Å²) >= 11 is 0. The fourth-order valence-electron chi connectivity index (χ4n) is 2.43. The normalized spacial score (nSPS) is 22.4. The van der Waals surface area contributed by atoms with Crippen molar-refractivity contribution in [2.45, 2.75) is 30.8 Å². The highest BCUT2D eigenvalue weighted by atomic mass is 32.2. The van der Waals surface area contributed by atoms with Crippen molar-refractivity contribution >= 4 is 21.9 Å². The number of esters is 1. The summed E-state index contributed by atoms with van der Waals surface area (Å²) < 4.78 is 30.4. The molecule has 7 nitrogen and oxygen atoms in total. The third kappa shape index (κ3) is 2.63. The van der Waals surface area contributed by atoms with Crippen LogP contribution in [-0.2, 0) is 24.3 Å². The summed E-state index contributed by atoms with van der Waals surface area (Å²) in [5.74, 6) is -1.72. The maximum atomic E-state index is 12.6. The Morgan fingerprint density at radius 2 is 2.19 bits per heavy atom. The van der Waals surface area contributed by atoms with Crippen LogP contribution in [0.3, 0.4) is 0 Å². The fourth-order valence-corrected chi connectivity index (χ4v) is 3.98. The number of nitrogens with zero attached hydrogens (tertiary/aromatic N) is 2. The van der Waals surface area contributed by atoms with Crippen molar-refractivity contribution < 1.29 is 22.7 Å². The summed E-state index contributed by atoms with van der Waals surface area (Å²) in [5, 5.41) is -0.260. The number of hydrogen-bond acceptors (Lipinski definition) is 6. The molecule has 1 aliphatic rings. The molecule has 0 spiro atoms. The van der Waals surface area contributed by atoms with Gasteiger partial charge in [0.25, 0.3) is 10.0 Å². The van der Waals surface area contributed by atoms with Crippen molar-refractivity contribution in [3.63, 3.8) is 0 Å². The number of ether oxygens (including phenoxy) is 1. The Balaban J connectivity index is 2.49. The number of pyridine rings is 1. The number of methoxy groups -OCH3 is 1. The number of sulfonamides is 1. The first kappa shape index (κ1) is 15.4. The molecule has 0 N–H and O–H groups in total. The molecule has 1 amide bonds. The van der Waals surface area contributed by atoms with Gasteiger partial charge in [0.2, 0.25) is 5.91 Å². The number of aromatic nitrogens is 1. The molecule has 2 atom stereocenters. The molecule has 0 saturated carbocycles. The number of hydrogen-bond donors (Lipinski definition) is 0. The first-order valence-corrected chi connectivity index (χ1v) is 7.93. The van der Waals surface area contributed by atoms with E-state index in [1.54, 1.807) is 13.0 Å². The Kier molecular flexibility index (Phi) is 4.26. The van der Waals surface area contributed by atoms with Gasteiger partial charge < -0.3 is 4.74 Å². The quantitative estimate of drug-likeness (QED) is 0.755. The van der Waals surface area contributed by atoms with E-state index in [2.05, 4.69) is 9.72 Å². The van der Waals surface area contributed by atoms with Crippen molar-refractivity contribution in [1.82, 2.24) is 9.29 Å². The molecule has 0 unspecified atom stereocenters. The molecule has 1 fully saturated rings. The summed E-state index contributed by atoms with van der Waals surface area (Å²) in [6.07, 6.45) is 1.82. The molecule has 21 heavy (non-hydrogen) atoms. The largest absolute Gasteiger partial charge is 0.467 e. The highest BCUT2D eigenvalue weighted by molar-refractivity contribution is 7.89. The van der Waals surface area contributed by atoms with Gasteiger partial charge in [0.05, 0.1) is 7.11 Å². The molecule has 0 aromatic carbocycles. The lowest BCUT2D eigenvalue weighted by Crippen LogP contribution is -2.45. The molecular weight excluding hydrogens is 296 g/mol. The molecule has 1 aliphatic heterocycles. The summed E-state index contributed by atoms with van der Waals surface area (Å²) in [5.41, 5.74) is 0. The molecule has 8 heteroatoms. The monoisotopic (exact) mass is 312 g/mol. The van der Waals surface area contributed by atoms with E-state index in [1.807, 2.05) is 0 Å². The molecule has 114 valence electrons. The highest BCUT2D eigenvalue weighted by Crippen LogP contribution is 2.33. The third-order valence-corrected chi connectivity index (χ3v) is 5.23. The van der Waals surface area contributed by atoms with Crippen molar-refractivity contribution in [1.29, 1.82) is 0 Å². The average molecular weight is 312 g/mol. The van der Waals surface area contributed by atoms with Gasteiger partial charge in [0, 0.05) is 12.6 Å². The standard InChI is InChI=1S/C13H16N2O5S/c1-3-9-8-11(16)15(12(9)13(17)20-2)21(18,19)10-6-4-5-7-14-10/h4-7,9,12H,3,8H2,1-2H3/t9-,12-/m0/s1. The van der Waals surface area contributed by atoms with Crippen LogP contribution in [0.2, 0.25) is 0 Å². The van der Waals surface area contributed by atoms with E-state index in [9.17, 15) is 18.0 Å². The Morgan fingerprint density at radius 3 is 2.71 bits per heavy atom. The molecule has 2 heterocycles. The summed E-state index contributed by atoms with van der Waals surface area (Å²) in [6.45, 7) is 1.80. The first-order valence-electron chi connectivity index (χ1n) is 6.49. The molecule has 2 rings (SSSR count). The van der Waals surface area contributed by atoms with E-state index in [0.29, 0.717) is 10.7 Å². The van der Waals surface area contributed by atoms with Crippen LogP contribution in [0.4, 0.5) is 0 Å². The second kappa shape index (κ2) is 5.80. The minimum absolute atomic E-state index is 0.00231. The lowest BCUT2D eigenvalue weighted by Gasteiger charge is -2.24. The van der Waals surface area contributed by atoms with Crippen LogP contribution < -0.4 is 0 Å². The molecule has 0 bridgehead atoms. The van der Waals surface area contributed by atoms with Gasteiger partial charge in [0.15, 0.2) is 5.03 Å². The molecule has 1 saturated heterocycles. The van der Waals surface area contributed by atoms with E-state index in [0.717, 1.165) is 0 Å².